The normalized spacial score (nSPS) is 9.73. The fourth-order valence-electron chi connectivity index (χ4n) is 1.20. The first-order valence-corrected chi connectivity index (χ1v) is 4.75. The number of hydrogen-bond acceptors (Lipinski definition) is 3. The number of ether oxygens (including phenoxy) is 2. The molecule has 1 aromatic carbocycles. The van der Waals surface area contributed by atoms with Crippen LogP contribution in [0.25, 0.3) is 0 Å². The Bertz CT molecular complexity index is 350. The van der Waals surface area contributed by atoms with E-state index in [0.717, 1.165) is 12.0 Å². The molecule has 2 N–H and O–H groups in total. The Morgan fingerprint density at radius 3 is 2.67 bits per heavy atom. The van der Waals surface area contributed by atoms with E-state index in [9.17, 15) is 4.79 Å². The van der Waals surface area contributed by atoms with Crippen molar-refractivity contribution in [2.24, 2.45) is 5.73 Å². The summed E-state index contributed by atoms with van der Waals surface area (Å²) in [6.07, 6.45) is 0.923. The molecule has 82 valence electrons. The van der Waals surface area contributed by atoms with Gasteiger partial charge in [0.2, 0.25) is 0 Å². The smallest absolute Gasteiger partial charge is 0.255 e. The largest absolute Gasteiger partial charge is 0.493 e. The van der Waals surface area contributed by atoms with Crippen LogP contribution in [-0.2, 0) is 11.2 Å². The van der Waals surface area contributed by atoms with Crippen molar-refractivity contribution < 1.29 is 14.3 Å². The Morgan fingerprint density at radius 1 is 1.40 bits per heavy atom. The Morgan fingerprint density at radius 2 is 2.13 bits per heavy atom. The van der Waals surface area contributed by atoms with Crippen LogP contribution in [0.3, 0.4) is 0 Å². The molecule has 15 heavy (non-hydrogen) atoms. The van der Waals surface area contributed by atoms with E-state index >= 15 is 0 Å². The number of carbonyl (C=O) groups is 1. The average Bonchev–Trinajstić information content (AvgIpc) is 2.25. The molecule has 0 saturated carbocycles. The predicted octanol–water partition coefficient (Wildman–Crippen LogP) is 1.12. The standard InChI is InChI=1S/C11H15NO3/c1-3-8-4-5-9(10(6-8)14-2)15-7-11(12)13/h4-6H,3,7H2,1-2H3,(H2,12,13). The predicted molar refractivity (Wildman–Crippen MR) is 57.1 cm³/mol. The van der Waals surface area contributed by atoms with Crippen LogP contribution in [0, 0.1) is 0 Å². The third-order valence-corrected chi connectivity index (χ3v) is 2.01. The van der Waals surface area contributed by atoms with Crippen molar-refractivity contribution in [2.75, 3.05) is 13.7 Å². The zero-order valence-corrected chi connectivity index (χ0v) is 8.95. The number of methoxy groups -OCH3 is 1. The lowest BCUT2D eigenvalue weighted by Gasteiger charge is -2.10. The molecule has 0 unspecified atom stereocenters. The summed E-state index contributed by atoms with van der Waals surface area (Å²) in [5.74, 6) is 0.653. The maximum Gasteiger partial charge on any atom is 0.255 e. The van der Waals surface area contributed by atoms with Gasteiger partial charge in [0.25, 0.3) is 5.91 Å². The lowest BCUT2D eigenvalue weighted by molar-refractivity contribution is -0.119. The van der Waals surface area contributed by atoms with E-state index in [-0.39, 0.29) is 6.61 Å². The molecule has 0 spiro atoms. The number of benzene rings is 1. The van der Waals surface area contributed by atoms with E-state index in [4.69, 9.17) is 15.2 Å². The van der Waals surface area contributed by atoms with Crippen molar-refractivity contribution in [3.8, 4) is 11.5 Å². The number of nitrogens with two attached hydrogens (primary N) is 1. The maximum absolute atomic E-state index is 10.6. The fraction of sp³-hybridized carbons (Fsp3) is 0.364. The molecule has 0 bridgehead atoms. The van der Waals surface area contributed by atoms with E-state index in [2.05, 4.69) is 6.92 Å². The van der Waals surface area contributed by atoms with Gasteiger partial charge in [0, 0.05) is 0 Å². The topological polar surface area (TPSA) is 61.5 Å². The van der Waals surface area contributed by atoms with Gasteiger partial charge in [0.15, 0.2) is 18.1 Å². The Kier molecular flexibility index (Phi) is 3.97. The van der Waals surface area contributed by atoms with Crippen LogP contribution >= 0.6 is 0 Å². The number of hydrogen-bond donors (Lipinski definition) is 1. The SMILES string of the molecule is CCc1ccc(OCC(N)=O)c(OC)c1. The minimum absolute atomic E-state index is 0.137. The monoisotopic (exact) mass is 209 g/mol. The van der Waals surface area contributed by atoms with Crippen molar-refractivity contribution >= 4 is 5.91 Å². The number of rotatable bonds is 5. The number of amides is 1. The van der Waals surface area contributed by atoms with Crippen LogP contribution in [-0.4, -0.2) is 19.6 Å². The molecule has 1 aromatic rings. The summed E-state index contributed by atoms with van der Waals surface area (Å²) >= 11 is 0. The summed E-state index contributed by atoms with van der Waals surface area (Å²) in [7, 11) is 1.56. The fourth-order valence-corrected chi connectivity index (χ4v) is 1.20. The van der Waals surface area contributed by atoms with Crippen LogP contribution in [0.1, 0.15) is 12.5 Å². The number of aryl methyl sites for hydroxylation is 1. The van der Waals surface area contributed by atoms with E-state index in [0.29, 0.717) is 11.5 Å². The van der Waals surface area contributed by atoms with Gasteiger partial charge in [-0.05, 0) is 24.1 Å². The molecule has 4 heteroatoms. The minimum atomic E-state index is -0.503. The van der Waals surface area contributed by atoms with Crippen molar-refractivity contribution in [2.45, 2.75) is 13.3 Å². The van der Waals surface area contributed by atoms with Gasteiger partial charge >= 0.3 is 0 Å². The van der Waals surface area contributed by atoms with E-state index in [1.54, 1.807) is 13.2 Å². The molecule has 0 heterocycles. The highest BCUT2D eigenvalue weighted by Crippen LogP contribution is 2.28. The highest BCUT2D eigenvalue weighted by Gasteiger charge is 2.06. The molecule has 0 aromatic heterocycles. The van der Waals surface area contributed by atoms with Gasteiger partial charge < -0.3 is 15.2 Å². The van der Waals surface area contributed by atoms with Crippen molar-refractivity contribution in [3.05, 3.63) is 23.8 Å². The zero-order valence-electron chi connectivity index (χ0n) is 8.95. The molecule has 0 atom stereocenters. The first kappa shape index (κ1) is 11.4. The minimum Gasteiger partial charge on any atom is -0.493 e. The zero-order chi connectivity index (χ0) is 11.3. The molecule has 0 saturated heterocycles. The Labute approximate surface area is 89.0 Å². The van der Waals surface area contributed by atoms with Crippen LogP contribution in [0.15, 0.2) is 18.2 Å². The number of carbonyl (C=O) groups excluding carboxylic acids is 1. The Hall–Kier alpha value is -1.71. The number of primary amides is 1. The third-order valence-electron chi connectivity index (χ3n) is 2.01. The summed E-state index contributed by atoms with van der Waals surface area (Å²) < 4.78 is 10.3. The van der Waals surface area contributed by atoms with Crippen molar-refractivity contribution in [1.29, 1.82) is 0 Å². The van der Waals surface area contributed by atoms with Crippen LogP contribution in [0.2, 0.25) is 0 Å². The highest BCUT2D eigenvalue weighted by molar-refractivity contribution is 5.75. The van der Waals surface area contributed by atoms with E-state index in [1.807, 2.05) is 12.1 Å². The highest BCUT2D eigenvalue weighted by atomic mass is 16.5. The maximum atomic E-state index is 10.6. The molecule has 4 nitrogen and oxygen atoms in total. The first-order chi connectivity index (χ1) is 7.17. The molecule has 0 aliphatic rings. The second-order valence-electron chi connectivity index (χ2n) is 3.09. The summed E-state index contributed by atoms with van der Waals surface area (Å²) in [6.45, 7) is 1.92. The van der Waals surface area contributed by atoms with Gasteiger partial charge in [0.05, 0.1) is 7.11 Å². The molecule has 1 rings (SSSR count). The van der Waals surface area contributed by atoms with E-state index < -0.39 is 5.91 Å². The molecule has 0 aliphatic carbocycles. The van der Waals surface area contributed by atoms with Gasteiger partial charge in [-0.2, -0.15) is 0 Å². The van der Waals surface area contributed by atoms with Crippen LogP contribution in [0.4, 0.5) is 0 Å². The molecule has 0 radical (unpaired) electrons. The Balaban J connectivity index is 2.82. The second-order valence-corrected chi connectivity index (χ2v) is 3.09. The average molecular weight is 209 g/mol. The van der Waals surface area contributed by atoms with Crippen LogP contribution < -0.4 is 15.2 Å². The third kappa shape index (κ3) is 3.16. The van der Waals surface area contributed by atoms with Gasteiger partial charge in [-0.15, -0.1) is 0 Å². The summed E-state index contributed by atoms with van der Waals surface area (Å²) in [5, 5.41) is 0. The summed E-state index contributed by atoms with van der Waals surface area (Å²) in [5.41, 5.74) is 6.13. The first-order valence-electron chi connectivity index (χ1n) is 4.75. The molecule has 0 aliphatic heterocycles. The summed E-state index contributed by atoms with van der Waals surface area (Å²) in [6, 6.07) is 5.59. The quantitative estimate of drug-likeness (QED) is 0.790. The van der Waals surface area contributed by atoms with Gasteiger partial charge in [-0.1, -0.05) is 13.0 Å². The molecular formula is C11H15NO3. The van der Waals surface area contributed by atoms with E-state index in [1.165, 1.54) is 0 Å². The lowest BCUT2D eigenvalue weighted by Crippen LogP contribution is -2.20. The van der Waals surface area contributed by atoms with Crippen LogP contribution in [0.5, 0.6) is 11.5 Å². The molecular weight excluding hydrogens is 194 g/mol. The summed E-state index contributed by atoms with van der Waals surface area (Å²) in [4.78, 5) is 10.6. The van der Waals surface area contributed by atoms with Gasteiger partial charge in [-0.3, -0.25) is 4.79 Å². The molecule has 0 fully saturated rings. The van der Waals surface area contributed by atoms with Crippen molar-refractivity contribution in [3.63, 3.8) is 0 Å². The van der Waals surface area contributed by atoms with Crippen molar-refractivity contribution in [1.82, 2.24) is 0 Å². The molecule has 1 amide bonds. The van der Waals surface area contributed by atoms with Gasteiger partial charge in [-0.25, -0.2) is 0 Å². The van der Waals surface area contributed by atoms with Gasteiger partial charge in [0.1, 0.15) is 0 Å². The second kappa shape index (κ2) is 5.24. The lowest BCUT2D eigenvalue weighted by atomic mass is 10.1.